The number of rotatable bonds is 5. The molecule has 3 amide bonds. The number of hydrogen-bond donors (Lipinski definition) is 1. The minimum atomic E-state index is -4.68. The summed E-state index contributed by atoms with van der Waals surface area (Å²) in [5.74, 6) is -4.24. The van der Waals surface area contributed by atoms with Crippen molar-refractivity contribution in [1.82, 2.24) is 4.57 Å². The highest BCUT2D eigenvalue weighted by molar-refractivity contribution is 9.10. The number of hydrogen-bond acceptors (Lipinski definition) is 6. The molecule has 220 valence electrons. The number of thiazole rings is 1. The largest absolute Gasteiger partial charge is 0.416 e. The molecule has 2 unspecified atom stereocenters. The van der Waals surface area contributed by atoms with Gasteiger partial charge in [0.1, 0.15) is 17.6 Å². The number of amides is 3. The topological polar surface area (TPSA) is 88.5 Å². The Morgan fingerprint density at radius 1 is 0.953 bits per heavy atom. The molecule has 0 saturated carbocycles. The molecule has 14 heteroatoms. The van der Waals surface area contributed by atoms with Crippen LogP contribution in [0.2, 0.25) is 0 Å². The van der Waals surface area contributed by atoms with Crippen LogP contribution in [0.5, 0.6) is 0 Å². The van der Waals surface area contributed by atoms with Crippen molar-refractivity contribution in [3.05, 3.63) is 109 Å². The van der Waals surface area contributed by atoms with Crippen LogP contribution in [0, 0.1) is 11.7 Å². The lowest BCUT2D eigenvalue weighted by Crippen LogP contribution is -2.33. The van der Waals surface area contributed by atoms with Gasteiger partial charge in [0.15, 0.2) is 0 Å². The van der Waals surface area contributed by atoms with E-state index in [4.69, 9.17) is 0 Å². The van der Waals surface area contributed by atoms with Crippen LogP contribution < -0.4 is 15.1 Å². The fraction of sp³-hybridized carbons (Fsp3) is 0.172. The van der Waals surface area contributed by atoms with Gasteiger partial charge in [-0.05, 0) is 60.2 Å². The van der Waals surface area contributed by atoms with Crippen molar-refractivity contribution < 1.29 is 31.9 Å². The number of halogens is 5. The summed E-state index contributed by atoms with van der Waals surface area (Å²) in [4.78, 5) is 54.5. The molecule has 0 radical (unpaired) electrons. The zero-order chi connectivity index (χ0) is 30.6. The second-order valence-electron chi connectivity index (χ2n) is 9.83. The van der Waals surface area contributed by atoms with Crippen molar-refractivity contribution >= 4 is 68.1 Å². The molecule has 1 saturated heterocycles. The first-order chi connectivity index (χ1) is 20.4. The Bertz CT molecular complexity index is 1820. The molecule has 3 heterocycles. The minimum absolute atomic E-state index is 0.200. The lowest BCUT2D eigenvalue weighted by atomic mass is 9.83. The van der Waals surface area contributed by atoms with E-state index in [1.54, 1.807) is 24.3 Å². The van der Waals surface area contributed by atoms with Gasteiger partial charge in [0.05, 0.1) is 22.2 Å². The van der Waals surface area contributed by atoms with Gasteiger partial charge in [-0.2, -0.15) is 13.2 Å². The number of anilines is 2. The van der Waals surface area contributed by atoms with E-state index in [2.05, 4.69) is 21.2 Å². The lowest BCUT2D eigenvalue weighted by molar-refractivity contribution is -0.137. The number of imide groups is 1. The van der Waals surface area contributed by atoms with E-state index in [0.29, 0.717) is 21.2 Å². The van der Waals surface area contributed by atoms with Crippen LogP contribution >= 0.6 is 39.0 Å². The molecule has 1 N–H and O–H groups in total. The van der Waals surface area contributed by atoms with Gasteiger partial charge in [0.25, 0.3) is 0 Å². The number of benzene rings is 3. The minimum Gasteiger partial charge on any atom is -0.325 e. The molecule has 43 heavy (non-hydrogen) atoms. The van der Waals surface area contributed by atoms with Gasteiger partial charge in [-0.1, -0.05) is 57.2 Å². The summed E-state index contributed by atoms with van der Waals surface area (Å²) >= 11 is 5.16. The van der Waals surface area contributed by atoms with Gasteiger partial charge in [-0.25, -0.2) is 9.29 Å². The maximum absolute atomic E-state index is 13.9. The molecular formula is C29H18BrF4N3O4S2. The molecule has 0 bridgehead atoms. The van der Waals surface area contributed by atoms with E-state index in [1.807, 2.05) is 0 Å². The Balaban J connectivity index is 1.40. The SMILES string of the molecule is O=C(Cn1c2c(sc1=O)[C@H](c1ccc(Br)cc1)C1C(=O)N(c3cccc(C(F)(F)F)c3)C(=O)C1S2)Nc1ccc(F)cc1. The highest BCUT2D eigenvalue weighted by atomic mass is 79.9. The van der Waals surface area contributed by atoms with Crippen LogP contribution in [-0.2, 0) is 27.1 Å². The molecule has 2 aliphatic heterocycles. The molecule has 1 fully saturated rings. The predicted octanol–water partition coefficient (Wildman–Crippen LogP) is 6.26. The molecule has 2 aliphatic rings. The Kier molecular flexibility index (Phi) is 7.55. The molecule has 7 nitrogen and oxygen atoms in total. The number of alkyl halides is 3. The average molecular weight is 693 g/mol. The smallest absolute Gasteiger partial charge is 0.325 e. The standard InChI is InChI=1S/C29H18BrF4N3O4S2/c30-16-6-4-14(5-7-16)21-22-23(26(40)37(25(22)39)19-3-1-2-15(12-19)29(32,33)34)42-27-24(21)43-28(41)36(27)13-20(38)35-18-10-8-17(31)9-11-18/h1-12,21-23H,13H2,(H,35,38)/t21-,22?,23?/m1/s1. The van der Waals surface area contributed by atoms with Crippen LogP contribution in [0.15, 0.2) is 87.1 Å². The van der Waals surface area contributed by atoms with Gasteiger partial charge in [-0.15, -0.1) is 0 Å². The third kappa shape index (κ3) is 5.43. The summed E-state index contributed by atoms with van der Waals surface area (Å²) in [5, 5.41) is 1.86. The second-order valence-corrected chi connectivity index (χ2v) is 12.9. The van der Waals surface area contributed by atoms with Crippen molar-refractivity contribution in [1.29, 1.82) is 0 Å². The van der Waals surface area contributed by atoms with Crippen molar-refractivity contribution in [3.8, 4) is 0 Å². The van der Waals surface area contributed by atoms with Crippen LogP contribution in [0.4, 0.5) is 28.9 Å². The van der Waals surface area contributed by atoms with E-state index in [0.717, 1.165) is 50.7 Å². The summed E-state index contributed by atoms with van der Waals surface area (Å²) in [7, 11) is 0. The van der Waals surface area contributed by atoms with Crippen LogP contribution in [-0.4, -0.2) is 27.5 Å². The van der Waals surface area contributed by atoms with E-state index in [-0.39, 0.29) is 5.69 Å². The summed E-state index contributed by atoms with van der Waals surface area (Å²) in [6.07, 6.45) is -4.68. The first-order valence-corrected chi connectivity index (χ1v) is 15.2. The second kappa shape index (κ2) is 11.1. The number of carbonyl (C=O) groups excluding carboxylic acids is 3. The molecule has 0 aliphatic carbocycles. The van der Waals surface area contributed by atoms with Crippen molar-refractivity contribution in [2.45, 2.75) is 28.9 Å². The molecular weight excluding hydrogens is 674 g/mol. The highest BCUT2D eigenvalue weighted by Gasteiger charge is 2.57. The Morgan fingerprint density at radius 2 is 1.65 bits per heavy atom. The van der Waals surface area contributed by atoms with Crippen molar-refractivity contribution in [2.24, 2.45) is 5.92 Å². The van der Waals surface area contributed by atoms with Crippen LogP contribution in [0.25, 0.3) is 0 Å². The van der Waals surface area contributed by atoms with E-state index < -0.39 is 63.8 Å². The maximum atomic E-state index is 13.9. The fourth-order valence-corrected chi connectivity index (χ4v) is 8.28. The van der Waals surface area contributed by atoms with Gasteiger partial charge < -0.3 is 5.32 Å². The Labute approximate surface area is 257 Å². The fourth-order valence-electron chi connectivity index (χ4n) is 5.24. The number of nitrogens with zero attached hydrogens (tertiary/aromatic N) is 2. The molecule has 1 aromatic heterocycles. The third-order valence-electron chi connectivity index (χ3n) is 7.14. The van der Waals surface area contributed by atoms with E-state index in [1.165, 1.54) is 34.9 Å². The number of aromatic nitrogens is 1. The number of carbonyl (C=O) groups is 3. The molecule has 6 rings (SSSR count). The molecule has 3 atom stereocenters. The quantitative estimate of drug-likeness (QED) is 0.197. The maximum Gasteiger partial charge on any atom is 0.416 e. The number of nitrogens with one attached hydrogen (secondary N) is 1. The number of thioether (sulfide) groups is 1. The Hall–Kier alpha value is -3.75. The molecule has 4 aromatic rings. The highest BCUT2D eigenvalue weighted by Crippen LogP contribution is 2.54. The lowest BCUT2D eigenvalue weighted by Gasteiger charge is -2.30. The first kappa shape index (κ1) is 29.3. The monoisotopic (exact) mass is 691 g/mol. The predicted molar refractivity (Wildman–Crippen MR) is 157 cm³/mol. The van der Waals surface area contributed by atoms with Crippen molar-refractivity contribution in [3.63, 3.8) is 0 Å². The summed E-state index contributed by atoms with van der Waals surface area (Å²) in [6.45, 7) is -0.418. The molecule has 0 spiro atoms. The van der Waals surface area contributed by atoms with Gasteiger partial charge in [0.2, 0.25) is 17.7 Å². The molecule has 3 aromatic carbocycles. The summed E-state index contributed by atoms with van der Waals surface area (Å²) < 4.78 is 55.6. The Morgan fingerprint density at radius 3 is 2.33 bits per heavy atom. The third-order valence-corrected chi connectivity index (χ3v) is 10.3. The van der Waals surface area contributed by atoms with Gasteiger partial charge in [-0.3, -0.25) is 23.7 Å². The number of fused-ring (bicyclic) bond motifs is 2. The average Bonchev–Trinajstić information content (AvgIpc) is 3.40. The summed E-state index contributed by atoms with van der Waals surface area (Å²) in [6, 6.07) is 16.1. The first-order valence-electron chi connectivity index (χ1n) is 12.7. The van der Waals surface area contributed by atoms with Crippen LogP contribution in [0.1, 0.15) is 21.9 Å². The van der Waals surface area contributed by atoms with Crippen molar-refractivity contribution in [2.75, 3.05) is 10.2 Å². The van der Waals surface area contributed by atoms with E-state index >= 15 is 0 Å². The zero-order valence-electron chi connectivity index (χ0n) is 21.6. The van der Waals surface area contributed by atoms with E-state index in [9.17, 15) is 36.7 Å². The zero-order valence-corrected chi connectivity index (χ0v) is 24.8. The van der Waals surface area contributed by atoms with Gasteiger partial charge in [0, 0.05) is 21.0 Å². The van der Waals surface area contributed by atoms with Gasteiger partial charge >= 0.3 is 11.0 Å². The van der Waals surface area contributed by atoms with Crippen LogP contribution in [0.3, 0.4) is 0 Å². The summed E-state index contributed by atoms with van der Waals surface area (Å²) in [5.41, 5.74) is -0.264. The normalized spacial score (nSPS) is 19.7.